The van der Waals surface area contributed by atoms with Crippen LogP contribution in [0.2, 0.25) is 0 Å². The fourth-order valence-electron chi connectivity index (χ4n) is 1.72. The van der Waals surface area contributed by atoms with Gasteiger partial charge in [-0.3, -0.25) is 0 Å². The highest BCUT2D eigenvalue weighted by Gasteiger charge is 2.13. The zero-order valence-corrected chi connectivity index (χ0v) is 12.2. The Kier molecular flexibility index (Phi) is 4.01. The lowest BCUT2D eigenvalue weighted by Gasteiger charge is -2.04. The van der Waals surface area contributed by atoms with Crippen LogP contribution in [0.15, 0.2) is 45.1 Å². The lowest BCUT2D eigenvalue weighted by molar-refractivity contribution is 0.487. The number of nitrogens with zero attached hydrogens (tertiary/aromatic N) is 3. The molecule has 0 bridgehead atoms. The van der Waals surface area contributed by atoms with E-state index in [0.717, 1.165) is 36.4 Å². The van der Waals surface area contributed by atoms with E-state index in [1.54, 1.807) is 0 Å². The molecule has 21 heavy (non-hydrogen) atoms. The van der Waals surface area contributed by atoms with Gasteiger partial charge in [0, 0.05) is 6.54 Å². The number of fused-ring (bicyclic) bond motifs is 1. The zero-order valence-electron chi connectivity index (χ0n) is 11.3. The van der Waals surface area contributed by atoms with Gasteiger partial charge in [0.25, 0.3) is 5.22 Å². The average molecular weight is 304 g/mol. The molecule has 0 saturated carbocycles. The van der Waals surface area contributed by atoms with Crippen LogP contribution < -0.4 is 5.32 Å². The fourth-order valence-corrected chi connectivity index (χ4v) is 2.45. The van der Waals surface area contributed by atoms with Crippen LogP contribution in [-0.4, -0.2) is 21.5 Å². The molecule has 0 aliphatic heterocycles. The van der Waals surface area contributed by atoms with Gasteiger partial charge in [0.2, 0.25) is 5.95 Å². The van der Waals surface area contributed by atoms with Crippen LogP contribution in [0, 0.1) is 5.82 Å². The molecule has 3 aromatic rings. The Hall–Kier alpha value is -2.15. The number of aromatic nitrogens is 3. The van der Waals surface area contributed by atoms with Crippen LogP contribution in [0.4, 0.5) is 10.3 Å². The largest absolute Gasteiger partial charge is 0.431 e. The number of hydrogen-bond donors (Lipinski definition) is 1. The second-order valence-corrected chi connectivity index (χ2v) is 5.26. The monoisotopic (exact) mass is 304 g/mol. The summed E-state index contributed by atoms with van der Waals surface area (Å²) in [5, 5.41) is 3.57. The summed E-state index contributed by atoms with van der Waals surface area (Å²) in [5.41, 5.74) is 1.40. The first-order chi connectivity index (χ1) is 10.3. The summed E-state index contributed by atoms with van der Waals surface area (Å²) in [6.45, 7) is 2.77. The van der Waals surface area contributed by atoms with Gasteiger partial charge in [0.15, 0.2) is 11.4 Å². The van der Waals surface area contributed by atoms with Crippen molar-refractivity contribution in [2.24, 2.45) is 0 Å². The van der Waals surface area contributed by atoms with Crippen LogP contribution in [0.5, 0.6) is 0 Å². The Morgan fingerprint density at radius 3 is 2.95 bits per heavy atom. The molecule has 0 saturated heterocycles. The second-order valence-electron chi connectivity index (χ2n) is 4.32. The molecule has 0 aliphatic rings. The first-order valence-electron chi connectivity index (χ1n) is 6.56. The average Bonchev–Trinajstić information content (AvgIpc) is 2.90. The van der Waals surface area contributed by atoms with Crippen molar-refractivity contribution in [1.82, 2.24) is 15.0 Å². The van der Waals surface area contributed by atoms with E-state index in [1.807, 2.05) is 31.2 Å². The maximum Gasteiger partial charge on any atom is 0.263 e. The maximum absolute atomic E-state index is 13.8. The van der Waals surface area contributed by atoms with Crippen LogP contribution in [0.1, 0.15) is 13.3 Å². The summed E-state index contributed by atoms with van der Waals surface area (Å²) in [5.74, 6) is -0.0961. The lowest BCUT2D eigenvalue weighted by atomic mass is 10.3. The number of para-hydroxylation sites is 2. The molecule has 0 amide bonds. The minimum Gasteiger partial charge on any atom is -0.431 e. The molecule has 0 fully saturated rings. The first-order valence-corrected chi connectivity index (χ1v) is 7.37. The van der Waals surface area contributed by atoms with E-state index in [1.165, 1.54) is 0 Å². The topological polar surface area (TPSA) is 63.8 Å². The molecule has 1 N–H and O–H groups in total. The molecule has 108 valence electrons. The molecule has 0 aliphatic carbocycles. The van der Waals surface area contributed by atoms with Crippen LogP contribution >= 0.6 is 11.8 Å². The predicted molar refractivity (Wildman–Crippen MR) is 78.9 cm³/mol. The van der Waals surface area contributed by atoms with Crippen molar-refractivity contribution in [2.45, 2.75) is 23.6 Å². The third-order valence-electron chi connectivity index (χ3n) is 2.70. The number of anilines is 1. The highest BCUT2D eigenvalue weighted by Crippen LogP contribution is 2.30. The van der Waals surface area contributed by atoms with Crippen molar-refractivity contribution >= 4 is 28.8 Å². The van der Waals surface area contributed by atoms with Crippen molar-refractivity contribution in [3.05, 3.63) is 36.3 Å². The van der Waals surface area contributed by atoms with Gasteiger partial charge in [0.1, 0.15) is 10.5 Å². The standard InChI is InChI=1S/C14H13FN4OS/c1-2-7-16-13-17-8-9(15)12(19-13)21-14-18-10-5-3-4-6-11(10)20-14/h3-6,8H,2,7H2,1H3,(H,16,17,19). The summed E-state index contributed by atoms with van der Waals surface area (Å²) >= 11 is 1.04. The molecule has 5 nitrogen and oxygen atoms in total. The van der Waals surface area contributed by atoms with Crippen LogP contribution in [0.25, 0.3) is 11.1 Å². The smallest absolute Gasteiger partial charge is 0.263 e. The Balaban J connectivity index is 1.86. The Bertz CT molecular complexity index is 729. The van der Waals surface area contributed by atoms with Crippen molar-refractivity contribution in [1.29, 1.82) is 0 Å². The fraction of sp³-hybridized carbons (Fsp3) is 0.214. The minimum absolute atomic E-state index is 0.190. The van der Waals surface area contributed by atoms with Gasteiger partial charge in [-0.2, -0.15) is 0 Å². The second kappa shape index (κ2) is 6.09. The molecule has 0 spiro atoms. The molecule has 7 heteroatoms. The van der Waals surface area contributed by atoms with Crippen molar-refractivity contribution in [3.8, 4) is 0 Å². The molecule has 0 radical (unpaired) electrons. The zero-order chi connectivity index (χ0) is 14.7. The van der Waals surface area contributed by atoms with E-state index in [9.17, 15) is 4.39 Å². The number of nitrogens with one attached hydrogen (secondary N) is 1. The highest BCUT2D eigenvalue weighted by molar-refractivity contribution is 7.99. The van der Waals surface area contributed by atoms with Crippen LogP contribution in [-0.2, 0) is 0 Å². The normalized spacial score (nSPS) is 11.0. The summed E-state index contributed by atoms with van der Waals surface area (Å²) in [6, 6.07) is 7.39. The van der Waals surface area contributed by atoms with E-state index in [0.29, 0.717) is 16.8 Å². The van der Waals surface area contributed by atoms with Gasteiger partial charge in [-0.25, -0.2) is 19.3 Å². The van der Waals surface area contributed by atoms with E-state index in [2.05, 4.69) is 20.3 Å². The molecular weight excluding hydrogens is 291 g/mol. The number of benzene rings is 1. The Morgan fingerprint density at radius 1 is 1.29 bits per heavy atom. The molecule has 0 atom stereocenters. The Labute approximate surface area is 125 Å². The molecule has 1 aromatic carbocycles. The summed E-state index contributed by atoms with van der Waals surface area (Å²) in [4.78, 5) is 12.3. The number of oxazole rings is 1. The summed E-state index contributed by atoms with van der Waals surface area (Å²) in [7, 11) is 0. The minimum atomic E-state index is -0.496. The van der Waals surface area contributed by atoms with Gasteiger partial charge < -0.3 is 9.73 Å². The Morgan fingerprint density at radius 2 is 2.14 bits per heavy atom. The van der Waals surface area contributed by atoms with Gasteiger partial charge in [-0.15, -0.1) is 0 Å². The first kappa shape index (κ1) is 13.8. The summed E-state index contributed by atoms with van der Waals surface area (Å²) in [6.07, 6.45) is 2.09. The van der Waals surface area contributed by atoms with E-state index in [-0.39, 0.29) is 5.03 Å². The number of hydrogen-bond acceptors (Lipinski definition) is 6. The maximum atomic E-state index is 13.8. The third kappa shape index (κ3) is 3.13. The molecular formula is C14H13FN4OS. The predicted octanol–water partition coefficient (Wildman–Crippen LogP) is 3.73. The number of rotatable bonds is 5. The third-order valence-corrected chi connectivity index (χ3v) is 3.53. The van der Waals surface area contributed by atoms with Crippen molar-refractivity contribution < 1.29 is 8.81 Å². The quantitative estimate of drug-likeness (QED) is 0.725. The van der Waals surface area contributed by atoms with Gasteiger partial charge in [-0.05, 0) is 30.3 Å². The molecule has 2 heterocycles. The van der Waals surface area contributed by atoms with Gasteiger partial charge in [-0.1, -0.05) is 19.1 Å². The molecule has 2 aromatic heterocycles. The SMILES string of the molecule is CCCNc1ncc(F)c(Sc2nc3ccccc3o2)n1. The summed E-state index contributed by atoms with van der Waals surface area (Å²) < 4.78 is 19.3. The lowest BCUT2D eigenvalue weighted by Crippen LogP contribution is -2.05. The molecule has 3 rings (SSSR count). The van der Waals surface area contributed by atoms with Crippen molar-refractivity contribution in [3.63, 3.8) is 0 Å². The highest BCUT2D eigenvalue weighted by atomic mass is 32.2. The van der Waals surface area contributed by atoms with E-state index >= 15 is 0 Å². The van der Waals surface area contributed by atoms with E-state index < -0.39 is 5.82 Å². The van der Waals surface area contributed by atoms with Gasteiger partial charge in [0.05, 0.1) is 6.20 Å². The van der Waals surface area contributed by atoms with Crippen molar-refractivity contribution in [2.75, 3.05) is 11.9 Å². The van der Waals surface area contributed by atoms with E-state index in [4.69, 9.17) is 4.42 Å². The van der Waals surface area contributed by atoms with Gasteiger partial charge >= 0.3 is 0 Å². The number of halogens is 1. The molecule has 0 unspecified atom stereocenters. The van der Waals surface area contributed by atoms with Crippen LogP contribution in [0.3, 0.4) is 0 Å².